The van der Waals surface area contributed by atoms with Gasteiger partial charge in [0.25, 0.3) is 5.91 Å². The maximum absolute atomic E-state index is 13.6. The quantitative estimate of drug-likeness (QED) is 0.148. The summed E-state index contributed by atoms with van der Waals surface area (Å²) in [4.78, 5) is 30.3. The van der Waals surface area contributed by atoms with Crippen LogP contribution in [0.2, 0.25) is 0 Å². The number of piperazine rings is 1. The van der Waals surface area contributed by atoms with Crippen LogP contribution in [-0.4, -0.2) is 43.1 Å². The van der Waals surface area contributed by atoms with Crippen molar-refractivity contribution in [3.05, 3.63) is 95.8 Å². The molecule has 2 aliphatic heterocycles. The van der Waals surface area contributed by atoms with Gasteiger partial charge in [-0.1, -0.05) is 12.1 Å². The first kappa shape index (κ1) is 27.9. The highest BCUT2D eigenvalue weighted by atomic mass is 19.4. The van der Waals surface area contributed by atoms with E-state index < -0.39 is 17.8 Å². The molecule has 3 aromatic carbocycles. The molecule has 4 aromatic rings. The zero-order chi connectivity index (χ0) is 30.0. The van der Waals surface area contributed by atoms with E-state index in [4.69, 9.17) is 0 Å². The van der Waals surface area contributed by atoms with Gasteiger partial charge in [-0.05, 0) is 66.7 Å². The van der Waals surface area contributed by atoms with Crippen molar-refractivity contribution in [1.29, 1.82) is 0 Å². The fraction of sp³-hybridized carbons (Fsp3) is 0.161. The summed E-state index contributed by atoms with van der Waals surface area (Å²) >= 11 is 0. The van der Waals surface area contributed by atoms with Crippen LogP contribution in [0.5, 0.6) is 0 Å². The van der Waals surface area contributed by atoms with E-state index in [9.17, 15) is 22.8 Å². The van der Waals surface area contributed by atoms with Gasteiger partial charge in [-0.25, -0.2) is 4.79 Å². The molecule has 3 amide bonds. The number of carbonyl (C=O) groups excluding carboxylic acids is 2. The van der Waals surface area contributed by atoms with Gasteiger partial charge in [-0.15, -0.1) is 0 Å². The van der Waals surface area contributed by atoms with Crippen LogP contribution < -0.4 is 31.5 Å². The Morgan fingerprint density at radius 3 is 2.40 bits per heavy atom. The second kappa shape index (κ2) is 11.6. The number of carbonyl (C=O) groups is 2. The van der Waals surface area contributed by atoms with Crippen LogP contribution in [0.15, 0.2) is 79.0 Å². The molecule has 3 heterocycles. The summed E-state index contributed by atoms with van der Waals surface area (Å²) < 4.78 is 40.9. The lowest BCUT2D eigenvalue weighted by atomic mass is 10.1. The minimum atomic E-state index is -4.56. The van der Waals surface area contributed by atoms with Crippen LogP contribution in [-0.2, 0) is 11.0 Å². The molecule has 1 saturated heterocycles. The number of hydrogen-bond acceptors (Lipinski definition) is 5. The third kappa shape index (κ3) is 6.49. The molecular weight excluding hydrogens is 559 g/mol. The fourth-order valence-corrected chi connectivity index (χ4v) is 5.09. The molecule has 9 nitrogen and oxygen atoms in total. The van der Waals surface area contributed by atoms with Crippen LogP contribution in [0.4, 0.5) is 52.1 Å². The number of nitrogens with one attached hydrogen (secondary N) is 6. The molecule has 43 heavy (non-hydrogen) atoms. The molecule has 0 radical (unpaired) electrons. The maximum Gasteiger partial charge on any atom is 0.416 e. The third-order valence-corrected chi connectivity index (χ3v) is 7.12. The number of fused-ring (bicyclic) bond motifs is 1. The van der Waals surface area contributed by atoms with E-state index in [2.05, 4.69) is 31.6 Å². The van der Waals surface area contributed by atoms with Gasteiger partial charge in [-0.3, -0.25) is 4.79 Å². The SMILES string of the molecule is O=C(Nc1cccc(Nc2ccc3c(c2)NC(=O)/C3=C\c2ccc[nH]2)c1)Nc1cc(N2CCNCC2)cc(C(F)(F)F)c1. The smallest absolute Gasteiger partial charge is 0.369 e. The van der Waals surface area contributed by atoms with E-state index in [0.29, 0.717) is 60.2 Å². The van der Waals surface area contributed by atoms with Crippen molar-refractivity contribution in [3.63, 3.8) is 0 Å². The number of aromatic nitrogens is 1. The summed E-state index contributed by atoms with van der Waals surface area (Å²) in [6.45, 7) is 2.45. The first-order valence-electron chi connectivity index (χ1n) is 13.7. The summed E-state index contributed by atoms with van der Waals surface area (Å²) in [6, 6.07) is 19.0. The number of nitrogens with zero attached hydrogens (tertiary/aromatic N) is 1. The van der Waals surface area contributed by atoms with Crippen LogP contribution in [0, 0.1) is 0 Å². The maximum atomic E-state index is 13.6. The monoisotopic (exact) mass is 587 g/mol. The van der Waals surface area contributed by atoms with Gasteiger partial charge in [0.05, 0.1) is 16.8 Å². The number of H-pyrrole nitrogens is 1. The van der Waals surface area contributed by atoms with E-state index in [0.717, 1.165) is 23.4 Å². The summed E-state index contributed by atoms with van der Waals surface area (Å²) in [6.07, 6.45) is -0.980. The molecule has 0 bridgehead atoms. The highest BCUT2D eigenvalue weighted by molar-refractivity contribution is 6.35. The summed E-state index contributed by atoms with van der Waals surface area (Å²) in [5, 5.41) is 14.5. The van der Waals surface area contributed by atoms with Gasteiger partial charge in [0, 0.05) is 72.1 Å². The number of amides is 3. The topological polar surface area (TPSA) is 113 Å². The molecule has 0 atom stereocenters. The first-order chi connectivity index (χ1) is 20.7. The van der Waals surface area contributed by atoms with Gasteiger partial charge in [0.1, 0.15) is 0 Å². The number of rotatable bonds is 6. The second-order valence-electron chi connectivity index (χ2n) is 10.2. The Morgan fingerprint density at radius 1 is 0.860 bits per heavy atom. The van der Waals surface area contributed by atoms with Gasteiger partial charge in [-0.2, -0.15) is 13.2 Å². The molecule has 220 valence electrons. The zero-order valence-corrected chi connectivity index (χ0v) is 22.8. The fourth-order valence-electron chi connectivity index (χ4n) is 5.09. The van der Waals surface area contributed by atoms with Crippen molar-refractivity contribution in [2.24, 2.45) is 0 Å². The van der Waals surface area contributed by atoms with Gasteiger partial charge < -0.3 is 36.5 Å². The van der Waals surface area contributed by atoms with Crippen LogP contribution in [0.3, 0.4) is 0 Å². The van der Waals surface area contributed by atoms with E-state index in [1.165, 1.54) is 0 Å². The van der Waals surface area contributed by atoms with E-state index in [1.807, 2.05) is 35.2 Å². The zero-order valence-electron chi connectivity index (χ0n) is 22.8. The predicted molar refractivity (Wildman–Crippen MR) is 163 cm³/mol. The van der Waals surface area contributed by atoms with Crippen molar-refractivity contribution in [2.45, 2.75) is 6.18 Å². The number of urea groups is 1. The first-order valence-corrected chi connectivity index (χ1v) is 13.7. The molecule has 0 spiro atoms. The Balaban J connectivity index is 1.14. The number of hydrogen-bond donors (Lipinski definition) is 6. The molecule has 6 N–H and O–H groups in total. The predicted octanol–water partition coefficient (Wildman–Crippen LogP) is 6.32. The number of halogens is 3. The number of aromatic amines is 1. The number of alkyl halides is 3. The lowest BCUT2D eigenvalue weighted by Gasteiger charge is -2.30. The third-order valence-electron chi connectivity index (χ3n) is 7.12. The number of anilines is 6. The Morgan fingerprint density at radius 2 is 1.63 bits per heavy atom. The Kier molecular flexibility index (Phi) is 7.51. The molecule has 1 aromatic heterocycles. The van der Waals surface area contributed by atoms with Crippen molar-refractivity contribution in [3.8, 4) is 0 Å². The molecule has 0 aliphatic carbocycles. The lowest BCUT2D eigenvalue weighted by molar-refractivity contribution is -0.137. The van der Waals surface area contributed by atoms with Gasteiger partial charge in [0.15, 0.2) is 0 Å². The molecule has 12 heteroatoms. The van der Waals surface area contributed by atoms with Crippen molar-refractivity contribution in [2.75, 3.05) is 52.3 Å². The largest absolute Gasteiger partial charge is 0.416 e. The summed E-state index contributed by atoms with van der Waals surface area (Å²) in [7, 11) is 0. The van der Waals surface area contributed by atoms with Gasteiger partial charge >= 0.3 is 12.2 Å². The highest BCUT2D eigenvalue weighted by Crippen LogP contribution is 2.36. The average molecular weight is 588 g/mol. The molecule has 6 rings (SSSR count). The lowest BCUT2D eigenvalue weighted by Crippen LogP contribution is -2.43. The standard InChI is InChI=1S/C31H28F3N7O2/c32-31(33,34)19-13-24(16-25(14-19)41-11-9-35-10-12-41)39-30(43)38-22-4-1-3-21(15-22)37-23-6-7-26-27(17-20-5-2-8-36-20)29(42)40-28(26)18-23/h1-8,13-18,35-37H,9-12H2,(H,40,42)(H2,38,39,43)/b27-17-. The average Bonchev–Trinajstić information content (AvgIpc) is 3.60. The molecule has 1 fully saturated rings. The summed E-state index contributed by atoms with van der Waals surface area (Å²) in [5.41, 5.74) is 4.24. The molecular formula is C31H28F3N7O2. The van der Waals surface area contributed by atoms with E-state index in [-0.39, 0.29) is 11.6 Å². The minimum absolute atomic E-state index is 0.0417. The summed E-state index contributed by atoms with van der Waals surface area (Å²) in [5.74, 6) is -0.195. The Hall–Kier alpha value is -5.23. The normalized spacial score (nSPS) is 15.7. The van der Waals surface area contributed by atoms with Gasteiger partial charge in [0.2, 0.25) is 0 Å². The Bertz CT molecular complexity index is 1690. The minimum Gasteiger partial charge on any atom is -0.369 e. The van der Waals surface area contributed by atoms with E-state index >= 15 is 0 Å². The van der Waals surface area contributed by atoms with Crippen LogP contribution >= 0.6 is 0 Å². The van der Waals surface area contributed by atoms with Crippen molar-refractivity contribution >= 4 is 57.7 Å². The van der Waals surface area contributed by atoms with E-state index in [1.54, 1.807) is 42.6 Å². The molecule has 2 aliphatic rings. The highest BCUT2D eigenvalue weighted by Gasteiger charge is 2.32. The van der Waals surface area contributed by atoms with Crippen LogP contribution in [0.25, 0.3) is 11.6 Å². The van der Waals surface area contributed by atoms with Crippen LogP contribution in [0.1, 0.15) is 16.8 Å². The molecule has 0 unspecified atom stereocenters. The Labute approximate surface area is 245 Å². The molecule has 0 saturated carbocycles. The second-order valence-corrected chi connectivity index (χ2v) is 10.2. The number of benzene rings is 3. The van der Waals surface area contributed by atoms with Crippen molar-refractivity contribution < 1.29 is 22.8 Å². The van der Waals surface area contributed by atoms with Crippen molar-refractivity contribution in [1.82, 2.24) is 10.3 Å².